The molecule has 0 amide bonds. The number of rotatable bonds is 5. The molecule has 20 heavy (non-hydrogen) atoms. The number of hydrogen-bond acceptors (Lipinski definition) is 5. The van der Waals surface area contributed by atoms with Gasteiger partial charge in [0.05, 0.1) is 5.56 Å². The minimum Gasteiger partial charge on any atom is -0.507 e. The van der Waals surface area contributed by atoms with E-state index < -0.39 is 6.10 Å². The van der Waals surface area contributed by atoms with Crippen LogP contribution in [0.2, 0.25) is 0 Å². The van der Waals surface area contributed by atoms with Crippen LogP contribution < -0.4 is 4.74 Å². The molecule has 0 saturated carbocycles. The Kier molecular flexibility index (Phi) is 4.10. The molecular formula is C15H13NO4. The number of nitrogens with zero attached hydrogens (tertiary/aromatic N) is 1. The van der Waals surface area contributed by atoms with E-state index in [1.54, 1.807) is 43.3 Å². The normalized spacial score (nSPS) is 11.7. The van der Waals surface area contributed by atoms with Crippen molar-refractivity contribution in [2.24, 2.45) is 5.18 Å². The average Bonchev–Trinajstić information content (AvgIpc) is 2.47. The van der Waals surface area contributed by atoms with Gasteiger partial charge in [0.15, 0.2) is 6.29 Å². The number of hydrogen-bond donors (Lipinski definition) is 1. The quantitative estimate of drug-likeness (QED) is 0.663. The standard InChI is InChI=1S/C15H13NO4/c1-10(11-4-2-5-12(8-11)16-19)20-15-7-3-6-14(18)13(15)9-17/h2-10,18H,1H3. The number of carbonyl (C=O) groups excluding carboxylic acids is 1. The predicted molar refractivity (Wildman–Crippen MR) is 74.4 cm³/mol. The fourth-order valence-electron chi connectivity index (χ4n) is 1.85. The molecule has 5 heteroatoms. The third kappa shape index (κ3) is 2.83. The topological polar surface area (TPSA) is 76.0 Å². The molecule has 102 valence electrons. The van der Waals surface area contributed by atoms with Gasteiger partial charge in [0.25, 0.3) is 0 Å². The molecule has 0 radical (unpaired) electrons. The van der Waals surface area contributed by atoms with Crippen LogP contribution in [0.4, 0.5) is 5.69 Å². The molecule has 2 aromatic carbocycles. The van der Waals surface area contributed by atoms with Crippen LogP contribution in [0.3, 0.4) is 0 Å². The second kappa shape index (κ2) is 5.97. The summed E-state index contributed by atoms with van der Waals surface area (Å²) >= 11 is 0. The van der Waals surface area contributed by atoms with Crippen LogP contribution in [0.15, 0.2) is 47.6 Å². The highest BCUT2D eigenvalue weighted by atomic mass is 16.5. The van der Waals surface area contributed by atoms with E-state index in [1.807, 2.05) is 0 Å². The summed E-state index contributed by atoms with van der Waals surface area (Å²) < 4.78 is 5.67. The van der Waals surface area contributed by atoms with Gasteiger partial charge in [-0.3, -0.25) is 4.79 Å². The Morgan fingerprint density at radius 3 is 2.70 bits per heavy atom. The Bertz CT molecular complexity index is 640. The van der Waals surface area contributed by atoms with Gasteiger partial charge >= 0.3 is 0 Å². The van der Waals surface area contributed by atoms with Gasteiger partial charge in [-0.05, 0) is 41.9 Å². The Morgan fingerprint density at radius 2 is 2.00 bits per heavy atom. The fourth-order valence-corrected chi connectivity index (χ4v) is 1.85. The number of nitroso groups, excluding NO2 is 1. The summed E-state index contributed by atoms with van der Waals surface area (Å²) in [6, 6.07) is 11.3. The summed E-state index contributed by atoms with van der Waals surface area (Å²) in [5.41, 5.74) is 1.16. The van der Waals surface area contributed by atoms with E-state index in [-0.39, 0.29) is 17.1 Å². The molecule has 1 unspecified atom stereocenters. The Balaban J connectivity index is 2.27. The fraction of sp³-hybridized carbons (Fsp3) is 0.133. The van der Waals surface area contributed by atoms with Crippen LogP contribution in [-0.2, 0) is 0 Å². The zero-order valence-corrected chi connectivity index (χ0v) is 10.8. The van der Waals surface area contributed by atoms with E-state index in [4.69, 9.17) is 4.74 Å². The number of benzene rings is 2. The smallest absolute Gasteiger partial charge is 0.157 e. The summed E-state index contributed by atoms with van der Waals surface area (Å²) in [7, 11) is 0. The monoisotopic (exact) mass is 271 g/mol. The second-order valence-corrected chi connectivity index (χ2v) is 4.25. The second-order valence-electron chi connectivity index (χ2n) is 4.25. The Morgan fingerprint density at radius 1 is 1.25 bits per heavy atom. The van der Waals surface area contributed by atoms with E-state index in [1.165, 1.54) is 6.07 Å². The summed E-state index contributed by atoms with van der Waals surface area (Å²) in [6.07, 6.45) is 0.151. The molecule has 0 aliphatic heterocycles. The minimum absolute atomic E-state index is 0.101. The Hall–Kier alpha value is -2.69. The third-order valence-corrected chi connectivity index (χ3v) is 2.91. The molecule has 0 spiro atoms. The van der Waals surface area contributed by atoms with Gasteiger partial charge in [0.1, 0.15) is 23.3 Å². The molecule has 0 fully saturated rings. The molecule has 0 bridgehead atoms. The largest absolute Gasteiger partial charge is 0.507 e. The number of carbonyl (C=O) groups is 1. The van der Waals surface area contributed by atoms with Gasteiger partial charge in [-0.25, -0.2) is 0 Å². The lowest BCUT2D eigenvalue weighted by molar-refractivity contribution is 0.111. The lowest BCUT2D eigenvalue weighted by atomic mass is 10.1. The van der Waals surface area contributed by atoms with Gasteiger partial charge in [0, 0.05) is 0 Å². The van der Waals surface area contributed by atoms with E-state index in [0.717, 1.165) is 5.56 Å². The van der Waals surface area contributed by atoms with Gasteiger partial charge in [-0.2, -0.15) is 0 Å². The number of aldehydes is 1. The number of ether oxygens (including phenoxy) is 1. The first kappa shape index (κ1) is 13.7. The van der Waals surface area contributed by atoms with Gasteiger partial charge in [0.2, 0.25) is 0 Å². The molecule has 0 aliphatic carbocycles. The molecule has 0 saturated heterocycles. The maximum atomic E-state index is 11.0. The number of phenols is 1. The van der Waals surface area contributed by atoms with Crippen LogP contribution in [0.25, 0.3) is 0 Å². The molecule has 0 heterocycles. The molecule has 2 aromatic rings. The molecule has 0 aromatic heterocycles. The van der Waals surface area contributed by atoms with Gasteiger partial charge in [-0.1, -0.05) is 18.2 Å². The predicted octanol–water partition coefficient (Wildman–Crippen LogP) is 3.74. The molecule has 5 nitrogen and oxygen atoms in total. The third-order valence-electron chi connectivity index (χ3n) is 2.91. The maximum absolute atomic E-state index is 11.0. The summed E-state index contributed by atoms with van der Waals surface area (Å²) in [5.74, 6) is 0.157. The van der Waals surface area contributed by atoms with Crippen LogP contribution >= 0.6 is 0 Å². The van der Waals surface area contributed by atoms with Gasteiger partial charge < -0.3 is 9.84 Å². The summed E-state index contributed by atoms with van der Waals surface area (Å²) in [4.78, 5) is 21.5. The van der Waals surface area contributed by atoms with Crippen LogP contribution in [0, 0.1) is 4.91 Å². The average molecular weight is 271 g/mol. The highest BCUT2D eigenvalue weighted by Gasteiger charge is 2.13. The van der Waals surface area contributed by atoms with Crippen LogP contribution in [-0.4, -0.2) is 11.4 Å². The lowest BCUT2D eigenvalue weighted by Crippen LogP contribution is -2.04. The van der Waals surface area contributed by atoms with Crippen molar-refractivity contribution in [2.45, 2.75) is 13.0 Å². The van der Waals surface area contributed by atoms with E-state index in [2.05, 4.69) is 5.18 Å². The number of aromatic hydroxyl groups is 1. The molecule has 1 N–H and O–H groups in total. The van der Waals surface area contributed by atoms with Crippen molar-refractivity contribution in [3.8, 4) is 11.5 Å². The molecular weight excluding hydrogens is 258 g/mol. The zero-order chi connectivity index (χ0) is 14.5. The summed E-state index contributed by atoms with van der Waals surface area (Å²) in [6.45, 7) is 1.78. The minimum atomic E-state index is -0.391. The Labute approximate surface area is 115 Å². The highest BCUT2D eigenvalue weighted by Crippen LogP contribution is 2.30. The first-order valence-electron chi connectivity index (χ1n) is 6.03. The molecule has 2 rings (SSSR count). The van der Waals surface area contributed by atoms with Crippen molar-refractivity contribution in [1.82, 2.24) is 0 Å². The van der Waals surface area contributed by atoms with Crippen molar-refractivity contribution in [1.29, 1.82) is 0 Å². The molecule has 0 aliphatic rings. The maximum Gasteiger partial charge on any atom is 0.157 e. The van der Waals surface area contributed by atoms with Crippen molar-refractivity contribution >= 4 is 12.0 Å². The summed E-state index contributed by atoms with van der Waals surface area (Å²) in [5, 5.41) is 12.5. The lowest BCUT2D eigenvalue weighted by Gasteiger charge is -2.16. The van der Waals surface area contributed by atoms with Gasteiger partial charge in [-0.15, -0.1) is 4.91 Å². The van der Waals surface area contributed by atoms with E-state index in [9.17, 15) is 14.8 Å². The van der Waals surface area contributed by atoms with Crippen molar-refractivity contribution < 1.29 is 14.6 Å². The molecule has 1 atom stereocenters. The zero-order valence-electron chi connectivity index (χ0n) is 10.8. The van der Waals surface area contributed by atoms with Crippen molar-refractivity contribution in [3.63, 3.8) is 0 Å². The SMILES string of the molecule is CC(Oc1cccc(O)c1C=O)c1cccc(N=O)c1. The first-order valence-corrected chi connectivity index (χ1v) is 6.03. The van der Waals surface area contributed by atoms with E-state index in [0.29, 0.717) is 12.0 Å². The highest BCUT2D eigenvalue weighted by molar-refractivity contribution is 5.83. The van der Waals surface area contributed by atoms with Crippen molar-refractivity contribution in [2.75, 3.05) is 0 Å². The first-order chi connectivity index (χ1) is 9.65. The number of phenolic OH excluding ortho intramolecular Hbond substituents is 1. The van der Waals surface area contributed by atoms with E-state index >= 15 is 0 Å². The van der Waals surface area contributed by atoms with Crippen LogP contribution in [0.5, 0.6) is 11.5 Å². The van der Waals surface area contributed by atoms with Crippen LogP contribution in [0.1, 0.15) is 28.9 Å². The van der Waals surface area contributed by atoms with Crippen molar-refractivity contribution in [3.05, 3.63) is 58.5 Å².